The zero-order valence-corrected chi connectivity index (χ0v) is 16.9. The molecule has 0 aliphatic carbocycles. The molecule has 5 nitrogen and oxygen atoms in total. The lowest BCUT2D eigenvalue weighted by Crippen LogP contribution is -2.45. The lowest BCUT2D eigenvalue weighted by molar-refractivity contribution is -0.118. The molecule has 0 spiro atoms. The summed E-state index contributed by atoms with van der Waals surface area (Å²) < 4.78 is 0. The van der Waals surface area contributed by atoms with Crippen LogP contribution in [0.25, 0.3) is 0 Å². The van der Waals surface area contributed by atoms with Crippen LogP contribution in [0.2, 0.25) is 0 Å². The minimum absolute atomic E-state index is 0.136. The van der Waals surface area contributed by atoms with Crippen LogP contribution in [0.3, 0.4) is 0 Å². The zero-order valence-electron chi connectivity index (χ0n) is 16.9. The molecule has 0 unspecified atom stereocenters. The number of nitrogens with one attached hydrogen (secondary N) is 2. The average Bonchev–Trinajstić information content (AvgIpc) is 2.75. The number of fused-ring (bicyclic) bond motifs is 1. The van der Waals surface area contributed by atoms with E-state index < -0.39 is 0 Å². The Balaban J connectivity index is 1.70. The van der Waals surface area contributed by atoms with Crippen molar-refractivity contribution in [3.63, 3.8) is 0 Å². The highest BCUT2D eigenvalue weighted by Gasteiger charge is 2.32. The van der Waals surface area contributed by atoms with Gasteiger partial charge in [-0.05, 0) is 42.7 Å². The van der Waals surface area contributed by atoms with Gasteiger partial charge in [0.15, 0.2) is 0 Å². The quantitative estimate of drug-likeness (QED) is 0.745. The fourth-order valence-corrected chi connectivity index (χ4v) is 3.80. The summed E-state index contributed by atoms with van der Waals surface area (Å²) in [6, 6.07) is 15.9. The average molecular weight is 389 g/mol. The molecule has 0 saturated heterocycles. The highest BCUT2D eigenvalue weighted by molar-refractivity contribution is 5.95. The van der Waals surface area contributed by atoms with Crippen LogP contribution in [-0.4, -0.2) is 24.4 Å². The van der Waals surface area contributed by atoms with Crippen LogP contribution >= 0.6 is 0 Å². The van der Waals surface area contributed by atoms with Crippen LogP contribution in [0.15, 0.2) is 48.5 Å². The summed E-state index contributed by atoms with van der Waals surface area (Å²) in [5, 5.41) is 6.28. The van der Waals surface area contributed by atoms with Crippen LogP contribution in [0.5, 0.6) is 0 Å². The predicted molar refractivity (Wildman–Crippen MR) is 115 cm³/mol. The molecule has 1 aliphatic heterocycles. The summed E-state index contributed by atoms with van der Waals surface area (Å²) in [7, 11) is 0. The Bertz CT molecular complexity index is 914. The summed E-state index contributed by atoms with van der Waals surface area (Å²) in [4.78, 5) is 26.3. The third kappa shape index (κ3) is 4.67. The summed E-state index contributed by atoms with van der Waals surface area (Å²) in [6.45, 7) is 4.90. The molecular weight excluding hydrogens is 362 g/mol. The van der Waals surface area contributed by atoms with E-state index in [1.807, 2.05) is 54.3 Å². The maximum Gasteiger partial charge on any atom is 0.252 e. The van der Waals surface area contributed by atoms with Crippen molar-refractivity contribution in [1.82, 2.24) is 10.6 Å². The van der Waals surface area contributed by atoms with E-state index in [-0.39, 0.29) is 30.4 Å². The molecular formula is C24H27N3O2. The standard InChI is InChI=1S/C24H27N3O2/c1-4-14-25-24(29)19-12-10-18(11-13-19)16-26-21-15-17(3)27(23(28)5-2)22-9-7-6-8-20(21)22/h1,6-13,17,21,26H,5,14-16H2,2-3H3,(H,25,29)/t17-,21+/m0/s1. The van der Waals surface area contributed by atoms with Crippen molar-refractivity contribution in [3.05, 3.63) is 65.2 Å². The molecule has 5 heteroatoms. The molecule has 2 atom stereocenters. The van der Waals surface area contributed by atoms with Crippen molar-refractivity contribution >= 4 is 17.5 Å². The van der Waals surface area contributed by atoms with E-state index in [1.165, 1.54) is 0 Å². The number of terminal acetylenes is 1. The molecule has 2 aromatic rings. The van der Waals surface area contributed by atoms with Crippen LogP contribution in [-0.2, 0) is 11.3 Å². The Hall–Kier alpha value is -3.10. The maximum atomic E-state index is 12.4. The molecule has 2 amide bonds. The van der Waals surface area contributed by atoms with Gasteiger partial charge in [0.25, 0.3) is 5.91 Å². The zero-order chi connectivity index (χ0) is 20.8. The van der Waals surface area contributed by atoms with Gasteiger partial charge in [0.05, 0.1) is 6.54 Å². The first kappa shape index (κ1) is 20.6. The normalized spacial score (nSPS) is 17.9. The van der Waals surface area contributed by atoms with Crippen molar-refractivity contribution in [2.45, 2.75) is 45.3 Å². The third-order valence-electron chi connectivity index (χ3n) is 5.28. The van der Waals surface area contributed by atoms with Gasteiger partial charge in [-0.15, -0.1) is 6.42 Å². The Kier molecular flexibility index (Phi) is 6.69. The smallest absolute Gasteiger partial charge is 0.252 e. The second kappa shape index (κ2) is 9.40. The summed E-state index contributed by atoms with van der Waals surface area (Å²) in [5.41, 5.74) is 3.83. The van der Waals surface area contributed by atoms with Gasteiger partial charge in [-0.3, -0.25) is 9.59 Å². The van der Waals surface area contributed by atoms with Gasteiger partial charge < -0.3 is 15.5 Å². The number of para-hydroxylation sites is 1. The van der Waals surface area contributed by atoms with Crippen molar-refractivity contribution in [2.24, 2.45) is 0 Å². The third-order valence-corrected chi connectivity index (χ3v) is 5.28. The number of carbonyl (C=O) groups excluding carboxylic acids is 2. The van der Waals surface area contributed by atoms with E-state index in [4.69, 9.17) is 6.42 Å². The molecule has 2 N–H and O–H groups in total. The first-order chi connectivity index (χ1) is 14.0. The molecule has 1 heterocycles. The van der Waals surface area contributed by atoms with E-state index in [0.29, 0.717) is 18.5 Å². The van der Waals surface area contributed by atoms with Gasteiger partial charge in [0.2, 0.25) is 5.91 Å². The molecule has 1 aliphatic rings. The van der Waals surface area contributed by atoms with Crippen LogP contribution in [0.4, 0.5) is 5.69 Å². The first-order valence-electron chi connectivity index (χ1n) is 10.00. The number of hydrogen-bond donors (Lipinski definition) is 2. The molecule has 0 radical (unpaired) electrons. The van der Waals surface area contributed by atoms with Gasteiger partial charge >= 0.3 is 0 Å². The van der Waals surface area contributed by atoms with Gasteiger partial charge in [-0.2, -0.15) is 0 Å². The number of hydrogen-bond acceptors (Lipinski definition) is 3. The fraction of sp³-hybridized carbons (Fsp3) is 0.333. The number of nitrogens with zero attached hydrogens (tertiary/aromatic N) is 1. The lowest BCUT2D eigenvalue weighted by atomic mass is 9.91. The second-order valence-corrected chi connectivity index (χ2v) is 7.28. The van der Waals surface area contributed by atoms with E-state index in [1.54, 1.807) is 0 Å². The largest absolute Gasteiger partial charge is 0.341 e. The van der Waals surface area contributed by atoms with Gasteiger partial charge in [-0.1, -0.05) is 43.2 Å². The molecule has 29 heavy (non-hydrogen) atoms. The topological polar surface area (TPSA) is 61.4 Å². The van der Waals surface area contributed by atoms with E-state index in [2.05, 4.69) is 29.5 Å². The highest BCUT2D eigenvalue weighted by Crippen LogP contribution is 2.37. The lowest BCUT2D eigenvalue weighted by Gasteiger charge is -2.39. The van der Waals surface area contributed by atoms with E-state index in [9.17, 15) is 9.59 Å². The molecule has 0 bridgehead atoms. The minimum atomic E-state index is -0.168. The Labute approximate surface area is 172 Å². The van der Waals surface area contributed by atoms with Crippen molar-refractivity contribution in [2.75, 3.05) is 11.4 Å². The molecule has 0 aromatic heterocycles. The van der Waals surface area contributed by atoms with Crippen molar-refractivity contribution in [3.8, 4) is 12.3 Å². The number of amides is 2. The number of carbonyl (C=O) groups is 2. The summed E-state index contributed by atoms with van der Waals surface area (Å²) in [6.07, 6.45) is 6.53. The SMILES string of the molecule is C#CCNC(=O)c1ccc(CN[C@@H]2C[C@H](C)N(C(=O)CC)c3ccccc32)cc1. The molecule has 150 valence electrons. The Morgan fingerprint density at radius 2 is 1.90 bits per heavy atom. The first-order valence-corrected chi connectivity index (χ1v) is 10.00. The molecule has 3 rings (SSSR count). The predicted octanol–water partition coefficient (Wildman–Crippen LogP) is 3.42. The molecule has 0 fully saturated rings. The van der Waals surface area contributed by atoms with Gasteiger partial charge in [0, 0.05) is 36.3 Å². The van der Waals surface area contributed by atoms with Gasteiger partial charge in [0.1, 0.15) is 0 Å². The molecule has 0 saturated carbocycles. The number of anilines is 1. The number of rotatable bonds is 6. The van der Waals surface area contributed by atoms with E-state index >= 15 is 0 Å². The monoisotopic (exact) mass is 389 g/mol. The summed E-state index contributed by atoms with van der Waals surface area (Å²) in [5.74, 6) is 2.38. The van der Waals surface area contributed by atoms with Crippen LogP contribution < -0.4 is 15.5 Å². The van der Waals surface area contributed by atoms with Crippen LogP contribution in [0.1, 0.15) is 54.2 Å². The van der Waals surface area contributed by atoms with Gasteiger partial charge in [-0.25, -0.2) is 0 Å². The van der Waals surface area contributed by atoms with Crippen LogP contribution in [0, 0.1) is 12.3 Å². The van der Waals surface area contributed by atoms with Crippen molar-refractivity contribution < 1.29 is 9.59 Å². The Morgan fingerprint density at radius 1 is 1.17 bits per heavy atom. The second-order valence-electron chi connectivity index (χ2n) is 7.28. The minimum Gasteiger partial charge on any atom is -0.341 e. The highest BCUT2D eigenvalue weighted by atomic mass is 16.2. The Morgan fingerprint density at radius 3 is 2.59 bits per heavy atom. The number of benzene rings is 2. The molecule has 2 aromatic carbocycles. The fourth-order valence-electron chi connectivity index (χ4n) is 3.80. The van der Waals surface area contributed by atoms with E-state index in [0.717, 1.165) is 23.2 Å². The van der Waals surface area contributed by atoms with Crippen molar-refractivity contribution in [1.29, 1.82) is 0 Å². The maximum absolute atomic E-state index is 12.4. The summed E-state index contributed by atoms with van der Waals surface area (Å²) >= 11 is 0.